The zero-order chi connectivity index (χ0) is 78.0. The molecule has 10 atom stereocenters. The highest BCUT2D eigenvalue weighted by atomic mass is 32.2. The lowest BCUT2D eigenvalue weighted by atomic mass is 9.95. The Labute approximate surface area is 636 Å². The number of aliphatic hydroxyl groups excluding tert-OH is 5. The summed E-state index contributed by atoms with van der Waals surface area (Å²) in [5.74, 6) is 4.18. The molecule has 0 radical (unpaired) electrons. The van der Waals surface area contributed by atoms with Crippen LogP contribution in [0.15, 0.2) is 117 Å². The first-order valence-electron chi connectivity index (χ1n) is 37.7. The minimum Gasteiger partial charge on any atom is -0.391 e. The van der Waals surface area contributed by atoms with Crippen LogP contribution < -0.4 is 33.5 Å². The molecule has 0 unspecified atom stereocenters. The van der Waals surface area contributed by atoms with Crippen molar-refractivity contribution in [3.8, 4) is 0 Å². The van der Waals surface area contributed by atoms with Crippen molar-refractivity contribution in [2.45, 2.75) is 129 Å². The predicted molar refractivity (Wildman–Crippen MR) is 418 cm³/mol. The number of nitrogens with zero attached hydrogens (tertiary/aromatic N) is 10. The van der Waals surface area contributed by atoms with E-state index < -0.39 is 0 Å². The number of nitrogens with one attached hydrogen (secondary N) is 10. The van der Waals surface area contributed by atoms with Gasteiger partial charge in [-0.1, -0.05) is 64.4 Å². The third-order valence-corrected chi connectivity index (χ3v) is 22.5. The molecule has 5 saturated heterocycles. The van der Waals surface area contributed by atoms with Gasteiger partial charge in [-0.2, -0.15) is 21.4 Å². The summed E-state index contributed by atoms with van der Waals surface area (Å²) in [6.45, 7) is 20.6. The van der Waals surface area contributed by atoms with Crippen molar-refractivity contribution in [2.75, 3.05) is 83.5 Å². The average Bonchev–Trinajstić information content (AvgIpc) is 1.68. The van der Waals surface area contributed by atoms with E-state index in [1.54, 1.807) is 0 Å². The second-order valence-corrected chi connectivity index (χ2v) is 30.9. The second kappa shape index (κ2) is 39.0. The van der Waals surface area contributed by atoms with Crippen LogP contribution in [-0.2, 0) is 48.7 Å². The fraction of sp³-hybridized carbons (Fsp3) is 0.513. The van der Waals surface area contributed by atoms with Crippen molar-refractivity contribution in [1.29, 1.82) is 0 Å². The Morgan fingerprint density at radius 2 is 0.755 bits per heavy atom. The van der Waals surface area contributed by atoms with Crippen LogP contribution in [0.4, 0.5) is 0 Å². The largest absolute Gasteiger partial charge is 0.391 e. The van der Waals surface area contributed by atoms with Gasteiger partial charge in [0.15, 0.2) is 0 Å². The smallest absolute Gasteiger partial charge is 0.373 e. The van der Waals surface area contributed by atoms with Crippen LogP contribution >= 0.6 is 11.8 Å². The lowest BCUT2D eigenvalue weighted by Crippen LogP contribution is -2.21. The number of thioether (sulfide) groups is 1. The van der Waals surface area contributed by atoms with Crippen LogP contribution in [0.2, 0.25) is 0 Å². The number of likely N-dealkylation sites (tertiary alicyclic amines) is 5. The van der Waals surface area contributed by atoms with Crippen LogP contribution in [0.5, 0.6) is 0 Å². The normalized spacial score (nSPS) is 22.4. The maximum atomic E-state index is 11.8. The van der Waals surface area contributed by atoms with Gasteiger partial charge in [-0.05, 0) is 79.4 Å². The van der Waals surface area contributed by atoms with E-state index >= 15 is 0 Å². The van der Waals surface area contributed by atoms with Crippen molar-refractivity contribution in [1.82, 2.24) is 99.3 Å². The number of fused-ring (bicyclic) bond motifs is 5. The lowest BCUT2D eigenvalue weighted by molar-refractivity contribution is -0.191. The number of H-pyrrole nitrogens is 10. The molecule has 0 amide bonds. The summed E-state index contributed by atoms with van der Waals surface area (Å²) in [7, 11) is 0. The van der Waals surface area contributed by atoms with Crippen LogP contribution in [0, 0.1) is 35.5 Å². The molecule has 0 saturated carbocycles. The molecule has 0 aliphatic carbocycles. The third kappa shape index (κ3) is 20.8. The second-order valence-electron chi connectivity index (χ2n) is 29.8. The van der Waals surface area contributed by atoms with Gasteiger partial charge in [0, 0.05) is 169 Å². The molecule has 11 aromatic rings. The molecule has 15 heterocycles. The Balaban J connectivity index is 0.000000135. The summed E-state index contributed by atoms with van der Waals surface area (Å²) in [5.41, 5.74) is 17.2. The van der Waals surface area contributed by atoms with Gasteiger partial charge in [-0.15, -0.1) is 0 Å². The molecule has 34 heteroatoms. The number of aromatic amines is 10. The number of β-amino-alcohol motifs (C(OH)–C–C–N with tert-alkyl or cyclic N) is 5. The monoisotopic (exact) mass is 1530 g/mol. The minimum absolute atomic E-state index is 0.147. The quantitative estimate of drug-likeness (QED) is 0.0433. The number of hydrogen-bond donors (Lipinski definition) is 16. The maximum Gasteiger partial charge on any atom is 0.373 e. The first-order chi connectivity index (χ1) is 53.2. The van der Waals surface area contributed by atoms with Crippen LogP contribution in [0.25, 0.3) is 55.2 Å². The van der Waals surface area contributed by atoms with E-state index in [1.807, 2.05) is 60.9 Å². The van der Waals surface area contributed by atoms with Crippen molar-refractivity contribution >= 4 is 73.1 Å². The van der Waals surface area contributed by atoms with E-state index in [4.69, 9.17) is 15.3 Å². The molecular weight excluding hydrogens is 1430 g/mol. The Hall–Kier alpha value is -9.39. The molecule has 5 aliphatic rings. The van der Waals surface area contributed by atoms with E-state index in [2.05, 4.69) is 139 Å². The van der Waals surface area contributed by atoms with E-state index in [-0.39, 0.29) is 70.4 Å². The van der Waals surface area contributed by atoms with Crippen LogP contribution in [0.1, 0.15) is 93.2 Å². The Morgan fingerprint density at radius 3 is 1.09 bits per heavy atom. The fourth-order valence-electron chi connectivity index (χ4n) is 15.8. The number of rotatable bonds is 22. The average molecular weight is 1530 g/mol. The molecule has 5 aliphatic heterocycles. The number of nitrogens with two attached hydrogens (primary N) is 1. The third-order valence-electron chi connectivity index (χ3n) is 21.2. The Kier molecular flexibility index (Phi) is 28.9. The summed E-state index contributed by atoms with van der Waals surface area (Å²) < 4.78 is 0. The SMILES string of the molecule is CC(C)C[C@@H]1CN(Cc2c[nH]c3c(=O)[nH]cnc23)C[C@H]1O.CCC[C@@H]1CN(Cc2c[nH]c3c(=O)[nH]cnc23)C[C@H]1O.CC[C@@H]1CN(Cc2c[nH]c3c(=O)[nH]cnc23)C[C@H]1O.NCCCSC[C@@H]1CN(Cc2c[nH]c3c(=O)[nH]cnc23)C[C@H]1O.O=C=O.O=c1[nH]cnc2c(CN3C[C@@H](Cc4ccccc4)[C@H](O)C3)c[nH]c12. The molecule has 10 aromatic heterocycles. The lowest BCUT2D eigenvalue weighted by Gasteiger charge is -2.16. The molecule has 16 rings (SSSR count). The summed E-state index contributed by atoms with van der Waals surface area (Å²) >= 11 is 1.86. The van der Waals surface area contributed by atoms with Gasteiger partial charge < -0.3 is 81.1 Å². The van der Waals surface area contributed by atoms with Crippen molar-refractivity contribution in [3.05, 3.63) is 178 Å². The summed E-state index contributed by atoms with van der Waals surface area (Å²) in [4.78, 5) is 135. The fourth-order valence-corrected chi connectivity index (χ4v) is 16.9. The zero-order valence-corrected chi connectivity index (χ0v) is 63.3. The van der Waals surface area contributed by atoms with Gasteiger partial charge in [0.25, 0.3) is 27.8 Å². The van der Waals surface area contributed by atoms with Gasteiger partial charge in [0.2, 0.25) is 0 Å². The van der Waals surface area contributed by atoms with E-state index in [0.717, 1.165) is 134 Å². The Morgan fingerprint density at radius 1 is 0.445 bits per heavy atom. The highest BCUT2D eigenvalue weighted by molar-refractivity contribution is 7.99. The predicted octanol–water partition coefficient (Wildman–Crippen LogP) is 3.22. The molecule has 110 heavy (non-hydrogen) atoms. The van der Waals surface area contributed by atoms with Gasteiger partial charge in [0.1, 0.15) is 27.6 Å². The van der Waals surface area contributed by atoms with Crippen molar-refractivity contribution in [3.63, 3.8) is 0 Å². The molecule has 0 spiro atoms. The van der Waals surface area contributed by atoms with Gasteiger partial charge in [-0.25, -0.2) is 24.9 Å². The molecular formula is C76H103N21O12S. The summed E-state index contributed by atoms with van der Waals surface area (Å²) in [6.07, 6.45) is 21.3. The summed E-state index contributed by atoms with van der Waals surface area (Å²) in [6, 6.07) is 10.3. The Bertz CT molecular complexity index is 5080. The van der Waals surface area contributed by atoms with E-state index in [0.29, 0.717) is 134 Å². The number of hydrogen-bond acceptors (Lipinski definition) is 24. The number of carbonyl (C=O) groups excluding carboxylic acids is 2. The highest BCUT2D eigenvalue weighted by Crippen LogP contribution is 2.31. The van der Waals surface area contributed by atoms with E-state index in [9.17, 15) is 49.5 Å². The topological polar surface area (TPSA) is 485 Å². The highest BCUT2D eigenvalue weighted by Gasteiger charge is 2.36. The molecule has 0 bridgehead atoms. The molecule has 17 N–H and O–H groups in total. The van der Waals surface area contributed by atoms with Gasteiger partial charge in [-0.3, -0.25) is 48.5 Å². The number of aliphatic hydroxyl groups is 5. The number of aromatic nitrogens is 15. The van der Waals surface area contributed by atoms with Crippen molar-refractivity contribution in [2.24, 2.45) is 41.2 Å². The zero-order valence-electron chi connectivity index (χ0n) is 62.5. The standard InChI is InChI=1S/C18H20N4O2.C15H23N5O2S.C15H22N4O2.C14H20N4O2.C13H18N4O2.CO2/c23-15-10-22(8-13(15)6-12-4-2-1-3-5-12)9-14-7-19-17-16(14)20-11-21-18(17)24;16-2-1-3-23-8-11-6-20(7-12(11)21)5-10-4-17-14-13(10)18-9-19-15(14)22;1-9(2)3-10-5-19(7-12(10)20)6-11-4-16-14-13(11)17-8-18-15(14)21;1-2-3-9-5-18(7-11(9)19)6-10-4-15-13-12(10)16-8-17-14(13)20;1-2-8-4-17(6-10(8)18)5-9-3-14-12-11(9)15-7-16-13(12)19;2-1-3/h1-5,7,11,13,15,19,23H,6,8-10H2,(H,20,21,24);4,9,11-12,17,21H,1-3,5-8,16H2,(H,18,19,22);4,8-10,12,16,20H,3,5-7H2,1-2H3,(H,17,18,21);4,8-9,11,15,19H,2-3,5-7H2,1H3,(H,16,17,20);3,7-8,10,14,18H,2,4-6H2,1H3,(H,15,16,19);/t13-,15-;11-,12+;10-,12-;9-,11-;8-,10-;/m10111./s1. The molecule has 590 valence electrons. The molecule has 5 fully saturated rings. The first kappa shape index (κ1) is 81.6. The van der Waals surface area contributed by atoms with Crippen LogP contribution in [-0.4, -0.2) is 245 Å². The van der Waals surface area contributed by atoms with E-state index in [1.165, 1.54) is 37.2 Å². The summed E-state index contributed by atoms with van der Waals surface area (Å²) in [5, 5.41) is 50.8. The first-order valence-corrected chi connectivity index (χ1v) is 38.9. The minimum atomic E-state index is -0.327. The molecule has 1 aromatic carbocycles. The number of benzene rings is 1. The van der Waals surface area contributed by atoms with Gasteiger partial charge in [0.05, 0.1) is 89.7 Å². The molecule has 33 nitrogen and oxygen atoms in total. The van der Waals surface area contributed by atoms with Crippen LogP contribution in [0.3, 0.4) is 0 Å². The van der Waals surface area contributed by atoms with Crippen molar-refractivity contribution < 1.29 is 35.1 Å². The van der Waals surface area contributed by atoms with Gasteiger partial charge >= 0.3 is 6.15 Å². The maximum absolute atomic E-state index is 11.8.